The van der Waals surface area contributed by atoms with Crippen LogP contribution in [0.25, 0.3) is 0 Å². The Hall–Kier alpha value is -0.340. The number of aromatic nitrogens is 1. The van der Waals surface area contributed by atoms with E-state index in [4.69, 9.17) is 5.73 Å². The highest BCUT2D eigenvalue weighted by Crippen LogP contribution is 2.32. The van der Waals surface area contributed by atoms with Gasteiger partial charge in [0.05, 0.1) is 22.0 Å². The van der Waals surface area contributed by atoms with Gasteiger partial charge in [-0.25, -0.2) is 4.98 Å². The van der Waals surface area contributed by atoms with E-state index >= 15 is 0 Å². The van der Waals surface area contributed by atoms with Gasteiger partial charge in [0, 0.05) is 8.04 Å². The first-order chi connectivity index (χ1) is 8.49. The molecule has 18 heavy (non-hydrogen) atoms. The summed E-state index contributed by atoms with van der Waals surface area (Å²) in [7, 11) is 0. The van der Waals surface area contributed by atoms with Crippen molar-refractivity contribution in [2.45, 2.75) is 6.92 Å². The molecule has 94 valence electrons. The molecule has 1 aromatic heterocycles. The van der Waals surface area contributed by atoms with Crippen LogP contribution in [0, 0.1) is 10.5 Å². The Kier molecular flexibility index (Phi) is 4.50. The summed E-state index contributed by atoms with van der Waals surface area (Å²) in [6.45, 7) is 1.96. The van der Waals surface area contributed by atoms with E-state index in [2.05, 4.69) is 64.8 Å². The monoisotopic (exact) mass is 481 g/mol. The van der Waals surface area contributed by atoms with Crippen molar-refractivity contribution in [2.24, 2.45) is 0 Å². The van der Waals surface area contributed by atoms with Crippen molar-refractivity contribution < 1.29 is 0 Å². The predicted molar refractivity (Wildman–Crippen MR) is 91.2 cm³/mol. The van der Waals surface area contributed by atoms with Crippen LogP contribution < -0.4 is 11.1 Å². The zero-order chi connectivity index (χ0) is 13.3. The molecule has 1 heterocycles. The number of anilines is 3. The topological polar surface area (TPSA) is 50.9 Å². The predicted octanol–water partition coefficient (Wildman–Crippen LogP) is 4.85. The van der Waals surface area contributed by atoms with Crippen LogP contribution in [0.4, 0.5) is 17.2 Å². The number of nitrogens with one attached hydrogen (secondary N) is 1. The maximum atomic E-state index is 5.81. The van der Waals surface area contributed by atoms with Crippen LogP contribution in [0.1, 0.15) is 5.56 Å². The van der Waals surface area contributed by atoms with Gasteiger partial charge < -0.3 is 11.1 Å². The lowest BCUT2D eigenvalue weighted by atomic mass is 10.2. The molecule has 2 aromatic rings. The standard InChI is InChI=1S/C12H10Br2IN3/c1-6-9(16)5-17-12(11(6)14)18-10-4-7(13)2-3-8(10)15/h2-5H,16H2,1H3,(H,17,18). The molecule has 0 amide bonds. The molecule has 0 saturated heterocycles. The van der Waals surface area contributed by atoms with Gasteiger partial charge >= 0.3 is 0 Å². The minimum atomic E-state index is 0.677. The molecule has 0 aliphatic carbocycles. The molecule has 3 nitrogen and oxygen atoms in total. The van der Waals surface area contributed by atoms with E-state index in [9.17, 15) is 0 Å². The smallest absolute Gasteiger partial charge is 0.145 e. The van der Waals surface area contributed by atoms with Crippen LogP contribution in [0.3, 0.4) is 0 Å². The average Bonchev–Trinajstić information content (AvgIpc) is 2.34. The maximum absolute atomic E-state index is 5.81. The fraction of sp³-hybridized carbons (Fsp3) is 0.0833. The summed E-state index contributed by atoms with van der Waals surface area (Å²) >= 11 is 9.25. The molecule has 0 spiro atoms. The van der Waals surface area contributed by atoms with Crippen molar-refractivity contribution in [1.82, 2.24) is 4.98 Å². The Morgan fingerprint density at radius 1 is 1.33 bits per heavy atom. The van der Waals surface area contributed by atoms with E-state index in [-0.39, 0.29) is 0 Å². The first-order valence-electron chi connectivity index (χ1n) is 5.11. The highest BCUT2D eigenvalue weighted by Gasteiger charge is 2.09. The minimum absolute atomic E-state index is 0.677. The summed E-state index contributed by atoms with van der Waals surface area (Å²) in [5, 5.41) is 3.30. The molecular formula is C12H10Br2IN3. The molecule has 2 rings (SSSR count). The number of benzene rings is 1. The van der Waals surface area contributed by atoms with Gasteiger partial charge in [0.1, 0.15) is 5.82 Å². The second kappa shape index (κ2) is 5.75. The number of hydrogen-bond donors (Lipinski definition) is 2. The minimum Gasteiger partial charge on any atom is -0.397 e. The molecule has 0 saturated carbocycles. The largest absolute Gasteiger partial charge is 0.397 e. The second-order valence-corrected chi connectivity index (χ2v) is 6.62. The van der Waals surface area contributed by atoms with E-state index in [1.807, 2.05) is 25.1 Å². The summed E-state index contributed by atoms with van der Waals surface area (Å²) in [5.41, 5.74) is 8.47. The average molecular weight is 483 g/mol. The molecule has 0 atom stereocenters. The first kappa shape index (κ1) is 14.1. The Bertz CT molecular complexity index is 602. The number of hydrogen-bond acceptors (Lipinski definition) is 3. The molecule has 0 radical (unpaired) electrons. The maximum Gasteiger partial charge on any atom is 0.145 e. The van der Waals surface area contributed by atoms with Crippen molar-refractivity contribution in [2.75, 3.05) is 11.1 Å². The Morgan fingerprint density at radius 3 is 2.78 bits per heavy atom. The zero-order valence-electron chi connectivity index (χ0n) is 9.47. The third kappa shape index (κ3) is 2.97. The highest BCUT2D eigenvalue weighted by molar-refractivity contribution is 14.1. The van der Waals surface area contributed by atoms with Crippen LogP contribution >= 0.6 is 54.5 Å². The normalized spacial score (nSPS) is 10.4. The lowest BCUT2D eigenvalue weighted by Crippen LogP contribution is -2.00. The number of pyridine rings is 1. The van der Waals surface area contributed by atoms with Crippen LogP contribution in [-0.4, -0.2) is 4.98 Å². The lowest BCUT2D eigenvalue weighted by molar-refractivity contribution is 1.25. The van der Waals surface area contributed by atoms with Gasteiger partial charge in [-0.05, 0) is 69.2 Å². The van der Waals surface area contributed by atoms with Crippen molar-refractivity contribution in [1.29, 1.82) is 0 Å². The quantitative estimate of drug-likeness (QED) is 0.602. The summed E-state index contributed by atoms with van der Waals surface area (Å²) in [6.07, 6.45) is 1.66. The van der Waals surface area contributed by atoms with E-state index in [1.54, 1.807) is 6.20 Å². The van der Waals surface area contributed by atoms with Crippen molar-refractivity contribution in [3.8, 4) is 0 Å². The third-order valence-electron chi connectivity index (χ3n) is 2.48. The Morgan fingerprint density at radius 2 is 2.06 bits per heavy atom. The molecule has 3 N–H and O–H groups in total. The third-order valence-corrected chi connectivity index (χ3v) is 4.89. The van der Waals surface area contributed by atoms with Gasteiger partial charge in [-0.15, -0.1) is 0 Å². The van der Waals surface area contributed by atoms with Gasteiger partial charge in [-0.2, -0.15) is 0 Å². The lowest BCUT2D eigenvalue weighted by Gasteiger charge is -2.12. The summed E-state index contributed by atoms with van der Waals surface area (Å²) in [6, 6.07) is 6.05. The van der Waals surface area contributed by atoms with Crippen LogP contribution in [0.2, 0.25) is 0 Å². The van der Waals surface area contributed by atoms with E-state index < -0.39 is 0 Å². The van der Waals surface area contributed by atoms with Crippen molar-refractivity contribution in [3.05, 3.63) is 42.5 Å². The fourth-order valence-corrected chi connectivity index (χ4v) is 2.66. The Labute approximate surface area is 136 Å². The fourth-order valence-electron chi connectivity index (χ4n) is 1.40. The molecular weight excluding hydrogens is 473 g/mol. The van der Waals surface area contributed by atoms with Gasteiger partial charge in [0.15, 0.2) is 0 Å². The molecule has 0 unspecified atom stereocenters. The van der Waals surface area contributed by atoms with Crippen LogP contribution in [-0.2, 0) is 0 Å². The summed E-state index contributed by atoms with van der Waals surface area (Å²) in [5.74, 6) is 0.762. The van der Waals surface area contributed by atoms with Gasteiger partial charge in [0.25, 0.3) is 0 Å². The molecule has 0 bridgehead atoms. The van der Waals surface area contributed by atoms with Gasteiger partial charge in [-0.3, -0.25) is 0 Å². The van der Waals surface area contributed by atoms with Crippen LogP contribution in [0.5, 0.6) is 0 Å². The summed E-state index contributed by atoms with van der Waals surface area (Å²) in [4.78, 5) is 4.30. The van der Waals surface area contributed by atoms with Gasteiger partial charge in [0.2, 0.25) is 0 Å². The molecule has 6 heteroatoms. The van der Waals surface area contributed by atoms with E-state index in [1.165, 1.54) is 0 Å². The number of rotatable bonds is 2. The first-order valence-corrected chi connectivity index (χ1v) is 7.78. The number of nitrogens with zero attached hydrogens (tertiary/aromatic N) is 1. The Balaban J connectivity index is 2.40. The second-order valence-electron chi connectivity index (χ2n) is 3.75. The number of halogens is 3. The van der Waals surface area contributed by atoms with Crippen molar-refractivity contribution in [3.63, 3.8) is 0 Å². The SMILES string of the molecule is Cc1c(N)cnc(Nc2cc(Br)ccc2I)c1Br. The van der Waals surface area contributed by atoms with Crippen LogP contribution in [0.15, 0.2) is 33.3 Å². The molecule has 1 aromatic carbocycles. The number of nitrogens with two attached hydrogens (primary N) is 1. The van der Waals surface area contributed by atoms with E-state index in [0.717, 1.165) is 29.6 Å². The van der Waals surface area contributed by atoms with Gasteiger partial charge in [-0.1, -0.05) is 15.9 Å². The highest BCUT2D eigenvalue weighted by atomic mass is 127. The molecule has 0 fully saturated rings. The number of nitrogen functional groups attached to an aromatic ring is 1. The van der Waals surface area contributed by atoms with E-state index in [0.29, 0.717) is 5.69 Å². The van der Waals surface area contributed by atoms with Crippen molar-refractivity contribution >= 4 is 71.6 Å². The summed E-state index contributed by atoms with van der Waals surface area (Å²) < 4.78 is 3.03. The zero-order valence-corrected chi connectivity index (χ0v) is 14.8. The molecule has 0 aliphatic heterocycles. The molecule has 0 aliphatic rings.